The number of nitrogens with zero attached hydrogens (tertiary/aromatic N) is 4. The van der Waals surface area contributed by atoms with Crippen molar-refractivity contribution in [3.8, 4) is 23.1 Å². The van der Waals surface area contributed by atoms with Gasteiger partial charge in [0.15, 0.2) is 0 Å². The molecule has 4 N–H and O–H groups in total. The number of aromatic nitrogens is 4. The molecule has 2 fully saturated rings. The van der Waals surface area contributed by atoms with Gasteiger partial charge in [-0.2, -0.15) is 0 Å². The number of nitrogens with one attached hydrogen (secondary N) is 4. The molecule has 7 rings (SSSR count). The number of alkyl carbamates (subject to hydrolysis) is 2. The van der Waals surface area contributed by atoms with Crippen LogP contribution in [0.3, 0.4) is 0 Å². The average molecular weight is 771 g/mol. The summed E-state index contributed by atoms with van der Waals surface area (Å²) in [4.78, 5) is 71.5. The third-order valence-corrected chi connectivity index (χ3v) is 10.6. The van der Waals surface area contributed by atoms with Crippen LogP contribution in [0.4, 0.5) is 9.59 Å². The molecule has 3 aromatic carbocycles. The number of rotatable bonds is 9. The first kappa shape index (κ1) is 38.6. The molecule has 0 aliphatic carbocycles. The third kappa shape index (κ3) is 8.47. The van der Waals surface area contributed by atoms with Crippen LogP contribution in [-0.4, -0.2) is 87.1 Å². The second-order valence-electron chi connectivity index (χ2n) is 14.6. The predicted octanol–water partition coefficient (Wildman–Crippen LogP) is 6.16. The van der Waals surface area contributed by atoms with Crippen molar-refractivity contribution in [1.82, 2.24) is 40.4 Å². The monoisotopic (exact) mass is 770 g/mol. The summed E-state index contributed by atoms with van der Waals surface area (Å²) in [5, 5.41) is 5.39. The van der Waals surface area contributed by atoms with Gasteiger partial charge in [-0.15, -0.1) is 0 Å². The molecule has 0 unspecified atom stereocenters. The summed E-state index contributed by atoms with van der Waals surface area (Å²) >= 11 is 0. The van der Waals surface area contributed by atoms with Gasteiger partial charge in [-0.25, -0.2) is 19.6 Å². The predicted molar refractivity (Wildman–Crippen MR) is 212 cm³/mol. The quantitative estimate of drug-likeness (QED) is 0.129. The van der Waals surface area contributed by atoms with Crippen LogP contribution in [0.15, 0.2) is 79.0 Å². The number of likely N-dealkylation sites (tertiary alicyclic amines) is 2. The highest BCUT2D eigenvalue weighted by molar-refractivity contribution is 5.88. The van der Waals surface area contributed by atoms with Crippen LogP contribution in [0.5, 0.6) is 0 Å². The average Bonchev–Trinajstić information content (AvgIpc) is 4.07. The van der Waals surface area contributed by atoms with E-state index in [4.69, 9.17) is 14.5 Å². The van der Waals surface area contributed by atoms with E-state index in [1.165, 1.54) is 14.2 Å². The van der Waals surface area contributed by atoms with E-state index in [9.17, 15) is 19.2 Å². The number of hydrogen-bond acceptors (Lipinski definition) is 8. The molecule has 14 nitrogen and oxygen atoms in total. The molecule has 0 radical (unpaired) electrons. The zero-order valence-corrected chi connectivity index (χ0v) is 32.4. The van der Waals surface area contributed by atoms with Crippen molar-refractivity contribution in [2.45, 2.75) is 63.7 Å². The first-order valence-corrected chi connectivity index (χ1v) is 19.2. The van der Waals surface area contributed by atoms with Crippen LogP contribution in [0.1, 0.15) is 86.0 Å². The summed E-state index contributed by atoms with van der Waals surface area (Å²) in [7, 11) is 2.56. The van der Waals surface area contributed by atoms with Crippen molar-refractivity contribution in [3.63, 3.8) is 0 Å². The van der Waals surface area contributed by atoms with E-state index >= 15 is 0 Å². The summed E-state index contributed by atoms with van der Waals surface area (Å²) in [5.74, 6) is 7.41. The molecule has 0 bridgehead atoms. The lowest BCUT2D eigenvalue weighted by Crippen LogP contribution is -2.51. The van der Waals surface area contributed by atoms with E-state index in [-0.39, 0.29) is 29.8 Å². The molecule has 2 aliphatic heterocycles. The Morgan fingerprint density at radius 3 is 2.09 bits per heavy atom. The van der Waals surface area contributed by atoms with Crippen molar-refractivity contribution in [1.29, 1.82) is 0 Å². The highest BCUT2D eigenvalue weighted by Gasteiger charge is 2.38. The fourth-order valence-corrected chi connectivity index (χ4v) is 7.58. The Kier molecular flexibility index (Phi) is 11.5. The number of imidazole rings is 2. The maximum Gasteiger partial charge on any atom is 0.407 e. The number of aromatic amines is 2. The van der Waals surface area contributed by atoms with Crippen molar-refractivity contribution in [2.24, 2.45) is 5.92 Å². The van der Waals surface area contributed by atoms with E-state index < -0.39 is 24.3 Å². The number of hydrogen-bond donors (Lipinski definition) is 4. The number of fused-ring (bicyclic) bond motifs is 1. The Bertz CT molecular complexity index is 2310. The van der Waals surface area contributed by atoms with Gasteiger partial charge in [0, 0.05) is 24.2 Å². The summed E-state index contributed by atoms with van der Waals surface area (Å²) in [6.45, 7) is 4.91. The molecule has 2 aromatic heterocycles. The highest BCUT2D eigenvalue weighted by Crippen LogP contribution is 2.35. The minimum absolute atomic E-state index is 0.116. The largest absolute Gasteiger partial charge is 0.453 e. The third-order valence-electron chi connectivity index (χ3n) is 10.6. The van der Waals surface area contributed by atoms with Gasteiger partial charge in [0.25, 0.3) is 5.91 Å². The Morgan fingerprint density at radius 1 is 0.772 bits per heavy atom. The van der Waals surface area contributed by atoms with Crippen LogP contribution < -0.4 is 10.6 Å². The molecule has 57 heavy (non-hydrogen) atoms. The molecule has 294 valence electrons. The number of amides is 4. The zero-order valence-electron chi connectivity index (χ0n) is 32.4. The molecule has 2 saturated heterocycles. The summed E-state index contributed by atoms with van der Waals surface area (Å²) in [6.07, 6.45) is 3.62. The second kappa shape index (κ2) is 17.0. The fourth-order valence-electron chi connectivity index (χ4n) is 7.58. The SMILES string of the molecule is COC(=O)N[C@H](C(=O)N1CCC[C@H]1c1ncc(-c2ccc(C#Cc3ccc4nc([C@@H]5CCCN5C(=O)[C@@H](NC(=O)OC)C(C)C)[nH]c4c3)cc2)[nH]1)c1ccccc1. The van der Waals surface area contributed by atoms with Gasteiger partial charge >= 0.3 is 12.2 Å². The van der Waals surface area contributed by atoms with E-state index in [0.717, 1.165) is 59.1 Å². The summed E-state index contributed by atoms with van der Waals surface area (Å²) in [5.41, 5.74) is 5.68. The first-order chi connectivity index (χ1) is 27.6. The zero-order chi connectivity index (χ0) is 40.1. The van der Waals surface area contributed by atoms with E-state index in [2.05, 4.69) is 37.4 Å². The molecular weight excluding hydrogens is 725 g/mol. The van der Waals surface area contributed by atoms with Crippen LogP contribution in [0.2, 0.25) is 0 Å². The van der Waals surface area contributed by atoms with Gasteiger partial charge in [0.2, 0.25) is 5.91 Å². The molecule has 5 aromatic rings. The Hall–Kier alpha value is -6.62. The molecular formula is C43H46N8O6. The minimum atomic E-state index is -0.886. The van der Waals surface area contributed by atoms with Gasteiger partial charge in [-0.3, -0.25) is 9.59 Å². The second-order valence-corrected chi connectivity index (χ2v) is 14.6. The number of carbonyl (C=O) groups excluding carboxylic acids is 4. The van der Waals surface area contributed by atoms with Crippen molar-refractivity contribution < 1.29 is 28.7 Å². The lowest BCUT2D eigenvalue weighted by Gasteiger charge is -2.29. The van der Waals surface area contributed by atoms with E-state index in [0.29, 0.717) is 30.3 Å². The number of carbonyl (C=O) groups is 4. The van der Waals surface area contributed by atoms with Crippen molar-refractivity contribution >= 4 is 35.0 Å². The standard InChI is InChI=1S/C43H46N8O6/c1-26(2)36(48-42(54)56-3)40(52)51-23-9-13-35(51)39-45-31-21-18-28(24-32(31)46-39)15-14-27-16-19-29(20-17-27)33-25-44-38(47-33)34-12-8-22-50(34)41(53)37(49-43(55)57-4)30-10-6-5-7-11-30/h5-7,10-11,16-21,24-26,34-37H,8-9,12-13,22-23H2,1-4H3,(H,44,47)(H,45,46)(H,48,54)(H,49,55)/t34-,35-,36-,37-/m0/s1. The van der Waals surface area contributed by atoms with E-state index in [1.54, 1.807) is 16.0 Å². The van der Waals surface area contributed by atoms with Gasteiger partial charge in [-0.1, -0.05) is 68.2 Å². The maximum atomic E-state index is 13.9. The Morgan fingerprint density at radius 2 is 1.40 bits per heavy atom. The number of ether oxygens (including phenoxy) is 2. The smallest absolute Gasteiger partial charge is 0.407 e. The van der Waals surface area contributed by atoms with Gasteiger partial charge in [-0.05, 0) is 73.1 Å². The lowest BCUT2D eigenvalue weighted by molar-refractivity contribution is -0.135. The summed E-state index contributed by atoms with van der Waals surface area (Å²) in [6, 6.07) is 20.7. The molecule has 4 amide bonds. The fraction of sp³-hybridized carbons (Fsp3) is 0.349. The lowest BCUT2D eigenvalue weighted by atomic mass is 10.0. The highest BCUT2D eigenvalue weighted by atomic mass is 16.5. The molecule has 4 atom stereocenters. The van der Waals surface area contributed by atoms with Gasteiger partial charge in [0.1, 0.15) is 23.7 Å². The first-order valence-electron chi connectivity index (χ1n) is 19.2. The van der Waals surface area contributed by atoms with Gasteiger partial charge in [0.05, 0.1) is 49.2 Å². The summed E-state index contributed by atoms with van der Waals surface area (Å²) < 4.78 is 9.57. The van der Waals surface area contributed by atoms with E-state index in [1.807, 2.05) is 86.6 Å². The Balaban J connectivity index is 1.02. The number of H-pyrrole nitrogens is 2. The Labute approximate surface area is 330 Å². The van der Waals surface area contributed by atoms with Crippen LogP contribution >= 0.6 is 0 Å². The molecule has 4 heterocycles. The molecule has 2 aliphatic rings. The normalized spacial score (nSPS) is 17.5. The van der Waals surface area contributed by atoms with Crippen LogP contribution in [0.25, 0.3) is 22.3 Å². The number of benzene rings is 3. The molecule has 14 heteroatoms. The minimum Gasteiger partial charge on any atom is -0.453 e. The van der Waals surface area contributed by atoms with Crippen LogP contribution in [-0.2, 0) is 19.1 Å². The van der Waals surface area contributed by atoms with Crippen LogP contribution in [0, 0.1) is 17.8 Å². The molecule has 0 saturated carbocycles. The number of methoxy groups -OCH3 is 2. The topological polar surface area (TPSA) is 175 Å². The van der Waals surface area contributed by atoms with Gasteiger partial charge < -0.3 is 39.9 Å². The van der Waals surface area contributed by atoms with Crippen molar-refractivity contribution in [3.05, 3.63) is 107 Å². The molecule has 0 spiro atoms. The maximum absolute atomic E-state index is 13.9. The van der Waals surface area contributed by atoms with Crippen molar-refractivity contribution in [2.75, 3.05) is 27.3 Å².